The van der Waals surface area contributed by atoms with Crippen LogP contribution in [0.2, 0.25) is 0 Å². The number of rotatable bonds is 4. The molecule has 0 aliphatic rings. The zero-order valence-corrected chi connectivity index (χ0v) is 12.1. The highest BCUT2D eigenvalue weighted by Crippen LogP contribution is 2.07. The van der Waals surface area contributed by atoms with E-state index in [1.807, 2.05) is 0 Å². The number of aromatic nitrogens is 2. The first-order chi connectivity index (χ1) is 9.95. The van der Waals surface area contributed by atoms with Gasteiger partial charge in [-0.25, -0.2) is 4.98 Å². The van der Waals surface area contributed by atoms with Crippen molar-refractivity contribution >= 4 is 17.6 Å². The molecule has 0 fully saturated rings. The number of hydrogen-bond acceptors (Lipinski definition) is 5. The predicted octanol–water partition coefficient (Wildman–Crippen LogP) is 1.40. The summed E-state index contributed by atoms with van der Waals surface area (Å²) < 4.78 is 4.85. The summed E-state index contributed by atoms with van der Waals surface area (Å²) in [4.78, 5) is 29.4. The van der Waals surface area contributed by atoms with Crippen LogP contribution in [0.1, 0.15) is 21.9 Å². The van der Waals surface area contributed by atoms with Gasteiger partial charge in [-0.2, -0.15) is 0 Å². The molecular weight excluding hydrogens is 272 g/mol. The molecule has 1 N–H and O–H groups in total. The summed E-state index contributed by atoms with van der Waals surface area (Å²) in [7, 11) is 1.54. The SMILES string of the molecule is Cc1cccc(C(=O)N(C)CC(=O)Nc2cc(C)on2)n1. The van der Waals surface area contributed by atoms with Gasteiger partial charge in [0.05, 0.1) is 6.54 Å². The summed E-state index contributed by atoms with van der Waals surface area (Å²) in [6.45, 7) is 3.43. The van der Waals surface area contributed by atoms with Crippen LogP contribution >= 0.6 is 0 Å². The van der Waals surface area contributed by atoms with Crippen LogP contribution in [0, 0.1) is 13.8 Å². The van der Waals surface area contributed by atoms with Crippen molar-refractivity contribution in [2.75, 3.05) is 18.9 Å². The molecule has 0 aromatic carbocycles. The molecule has 0 aliphatic heterocycles. The average Bonchev–Trinajstić information content (AvgIpc) is 2.82. The van der Waals surface area contributed by atoms with Gasteiger partial charge in [0.25, 0.3) is 5.91 Å². The van der Waals surface area contributed by atoms with Gasteiger partial charge in [-0.15, -0.1) is 0 Å². The van der Waals surface area contributed by atoms with Crippen LogP contribution in [0.5, 0.6) is 0 Å². The van der Waals surface area contributed by atoms with E-state index in [-0.39, 0.29) is 18.4 Å². The summed E-state index contributed by atoms with van der Waals surface area (Å²) in [5, 5.41) is 6.21. The molecule has 0 bridgehead atoms. The molecule has 2 aromatic heterocycles. The highest BCUT2D eigenvalue weighted by Gasteiger charge is 2.16. The number of carbonyl (C=O) groups excluding carboxylic acids is 2. The maximum Gasteiger partial charge on any atom is 0.272 e. The van der Waals surface area contributed by atoms with Crippen LogP contribution in [0.3, 0.4) is 0 Å². The molecule has 7 nitrogen and oxygen atoms in total. The van der Waals surface area contributed by atoms with Gasteiger partial charge in [-0.1, -0.05) is 11.2 Å². The maximum atomic E-state index is 12.1. The molecule has 0 aliphatic carbocycles. The minimum Gasteiger partial charge on any atom is -0.360 e. The molecule has 0 radical (unpaired) electrons. The summed E-state index contributed by atoms with van der Waals surface area (Å²) in [5.74, 6) is 0.253. The third kappa shape index (κ3) is 3.88. The van der Waals surface area contributed by atoms with Gasteiger partial charge in [-0.3, -0.25) is 9.59 Å². The minimum atomic E-state index is -0.355. The van der Waals surface area contributed by atoms with Gasteiger partial charge in [0.1, 0.15) is 11.5 Å². The van der Waals surface area contributed by atoms with E-state index in [2.05, 4.69) is 15.5 Å². The number of hydrogen-bond donors (Lipinski definition) is 1. The van der Waals surface area contributed by atoms with Crippen molar-refractivity contribution in [3.05, 3.63) is 41.4 Å². The fourth-order valence-corrected chi connectivity index (χ4v) is 1.75. The Bertz CT molecular complexity index is 666. The Morgan fingerprint density at radius 2 is 2.10 bits per heavy atom. The quantitative estimate of drug-likeness (QED) is 0.918. The van der Waals surface area contributed by atoms with Crippen LogP contribution in [0.15, 0.2) is 28.8 Å². The standard InChI is InChI=1S/C14H16N4O3/c1-9-5-4-6-11(15-9)14(20)18(3)8-13(19)16-12-7-10(2)21-17-12/h4-7H,8H2,1-3H3,(H,16,17,19). The normalized spacial score (nSPS) is 10.2. The van der Waals surface area contributed by atoms with Crippen molar-refractivity contribution in [2.45, 2.75) is 13.8 Å². The highest BCUT2D eigenvalue weighted by molar-refractivity contribution is 5.97. The van der Waals surface area contributed by atoms with Crippen LogP contribution in [0.4, 0.5) is 5.82 Å². The van der Waals surface area contributed by atoms with E-state index in [1.54, 1.807) is 45.2 Å². The van der Waals surface area contributed by atoms with Gasteiger partial charge in [0.15, 0.2) is 5.82 Å². The number of anilines is 1. The fraction of sp³-hybridized carbons (Fsp3) is 0.286. The molecule has 2 heterocycles. The number of aryl methyl sites for hydroxylation is 2. The second-order valence-electron chi connectivity index (χ2n) is 4.70. The third-order valence-corrected chi connectivity index (χ3v) is 2.73. The molecule has 2 amide bonds. The summed E-state index contributed by atoms with van der Waals surface area (Å²) >= 11 is 0. The molecule has 21 heavy (non-hydrogen) atoms. The van der Waals surface area contributed by atoms with Crippen molar-refractivity contribution in [2.24, 2.45) is 0 Å². The smallest absolute Gasteiger partial charge is 0.272 e. The maximum absolute atomic E-state index is 12.1. The lowest BCUT2D eigenvalue weighted by atomic mass is 10.3. The highest BCUT2D eigenvalue weighted by atomic mass is 16.5. The minimum absolute atomic E-state index is 0.0969. The topological polar surface area (TPSA) is 88.3 Å². The van der Waals surface area contributed by atoms with Crippen molar-refractivity contribution in [3.8, 4) is 0 Å². The van der Waals surface area contributed by atoms with E-state index < -0.39 is 0 Å². The van der Waals surface area contributed by atoms with Crippen molar-refractivity contribution in [3.63, 3.8) is 0 Å². The zero-order chi connectivity index (χ0) is 15.4. The molecule has 110 valence electrons. The van der Waals surface area contributed by atoms with E-state index in [0.717, 1.165) is 5.69 Å². The molecule has 2 aromatic rings. The first-order valence-electron chi connectivity index (χ1n) is 6.38. The largest absolute Gasteiger partial charge is 0.360 e. The molecule has 2 rings (SSSR count). The van der Waals surface area contributed by atoms with E-state index >= 15 is 0 Å². The van der Waals surface area contributed by atoms with Crippen LogP contribution in [-0.2, 0) is 4.79 Å². The lowest BCUT2D eigenvalue weighted by Gasteiger charge is -2.15. The number of pyridine rings is 1. The molecule has 0 saturated heterocycles. The molecule has 0 atom stereocenters. The van der Waals surface area contributed by atoms with Crippen molar-refractivity contribution in [1.29, 1.82) is 0 Å². The van der Waals surface area contributed by atoms with Crippen LogP contribution < -0.4 is 5.32 Å². The van der Waals surface area contributed by atoms with E-state index in [1.165, 1.54) is 4.90 Å². The fourth-order valence-electron chi connectivity index (χ4n) is 1.75. The first kappa shape index (κ1) is 14.7. The number of likely N-dealkylation sites (N-methyl/N-ethyl adjacent to an activating group) is 1. The zero-order valence-electron chi connectivity index (χ0n) is 12.1. The Balaban J connectivity index is 1.95. The predicted molar refractivity (Wildman–Crippen MR) is 75.8 cm³/mol. The van der Waals surface area contributed by atoms with Gasteiger partial charge in [0.2, 0.25) is 5.91 Å². The monoisotopic (exact) mass is 288 g/mol. The second-order valence-corrected chi connectivity index (χ2v) is 4.70. The van der Waals surface area contributed by atoms with Crippen molar-refractivity contribution < 1.29 is 14.1 Å². The number of nitrogens with zero attached hydrogens (tertiary/aromatic N) is 3. The molecular formula is C14H16N4O3. The molecule has 0 unspecified atom stereocenters. The Hall–Kier alpha value is -2.70. The first-order valence-corrected chi connectivity index (χ1v) is 6.38. The van der Waals surface area contributed by atoms with Crippen LogP contribution in [-0.4, -0.2) is 40.4 Å². The molecule has 0 saturated carbocycles. The number of amides is 2. The number of nitrogens with one attached hydrogen (secondary N) is 1. The lowest BCUT2D eigenvalue weighted by Crippen LogP contribution is -2.35. The summed E-state index contributed by atoms with van der Waals surface area (Å²) in [5.41, 5.74) is 1.05. The average molecular weight is 288 g/mol. The summed E-state index contributed by atoms with van der Waals surface area (Å²) in [6.07, 6.45) is 0. The molecule has 0 spiro atoms. The molecule has 7 heteroatoms. The number of carbonyl (C=O) groups is 2. The van der Waals surface area contributed by atoms with Crippen molar-refractivity contribution in [1.82, 2.24) is 15.0 Å². The van der Waals surface area contributed by atoms with E-state index in [9.17, 15) is 9.59 Å². The Kier molecular flexibility index (Phi) is 4.32. The van der Waals surface area contributed by atoms with Gasteiger partial charge in [0, 0.05) is 18.8 Å². The van der Waals surface area contributed by atoms with Gasteiger partial charge < -0.3 is 14.7 Å². The Labute approximate surface area is 121 Å². The van der Waals surface area contributed by atoms with E-state index in [4.69, 9.17) is 4.52 Å². The third-order valence-electron chi connectivity index (χ3n) is 2.73. The Morgan fingerprint density at radius 1 is 1.33 bits per heavy atom. The van der Waals surface area contributed by atoms with Gasteiger partial charge >= 0.3 is 0 Å². The second kappa shape index (κ2) is 6.17. The van der Waals surface area contributed by atoms with E-state index in [0.29, 0.717) is 17.3 Å². The summed E-state index contributed by atoms with van der Waals surface area (Å²) in [6, 6.07) is 6.77. The van der Waals surface area contributed by atoms with Gasteiger partial charge in [-0.05, 0) is 26.0 Å². The lowest BCUT2D eigenvalue weighted by molar-refractivity contribution is -0.116. The van der Waals surface area contributed by atoms with Crippen LogP contribution in [0.25, 0.3) is 0 Å². The Morgan fingerprint density at radius 3 is 2.71 bits per heavy atom.